The topological polar surface area (TPSA) is 51.5 Å². The smallest absolute Gasteiger partial charge is 0.258 e. The predicted octanol–water partition coefficient (Wildman–Crippen LogP) is 3.28. The Bertz CT molecular complexity index is 555. The van der Waals surface area contributed by atoms with Crippen molar-refractivity contribution in [2.24, 2.45) is 0 Å². The zero-order chi connectivity index (χ0) is 13.7. The van der Waals surface area contributed by atoms with Gasteiger partial charge in [-0.3, -0.25) is 4.79 Å². The quantitative estimate of drug-likeness (QED) is 0.922. The first-order valence-corrected chi connectivity index (χ1v) is 6.28. The summed E-state index contributed by atoms with van der Waals surface area (Å²) in [6.07, 6.45) is 1.55. The van der Waals surface area contributed by atoms with Gasteiger partial charge in [-0.1, -0.05) is 29.3 Å². The number of carbonyl (C=O) groups excluding carboxylic acids is 1. The van der Waals surface area contributed by atoms with Crippen LogP contribution in [-0.4, -0.2) is 12.5 Å². The normalized spacial score (nSPS) is 10.2. The van der Waals surface area contributed by atoms with E-state index in [2.05, 4.69) is 5.32 Å². The average Bonchev–Trinajstić information content (AvgIpc) is 2.91. The Morgan fingerprint density at radius 2 is 2.11 bits per heavy atom. The molecule has 1 N–H and O–H groups in total. The molecule has 1 heterocycles. The molecule has 0 aliphatic carbocycles. The van der Waals surface area contributed by atoms with Crippen molar-refractivity contribution in [2.75, 3.05) is 6.61 Å². The third-order valence-corrected chi connectivity index (χ3v) is 3.12. The van der Waals surface area contributed by atoms with Crippen LogP contribution in [0.5, 0.6) is 5.75 Å². The van der Waals surface area contributed by atoms with Gasteiger partial charge in [0.1, 0.15) is 16.5 Å². The molecule has 2 aromatic rings. The number of nitrogens with one attached hydrogen (secondary N) is 1. The van der Waals surface area contributed by atoms with Crippen molar-refractivity contribution < 1.29 is 13.9 Å². The number of amides is 1. The largest absolute Gasteiger partial charge is 0.482 e. The average molecular weight is 300 g/mol. The van der Waals surface area contributed by atoms with Gasteiger partial charge in [0.2, 0.25) is 0 Å². The number of hydrogen-bond acceptors (Lipinski definition) is 3. The van der Waals surface area contributed by atoms with E-state index < -0.39 is 0 Å². The van der Waals surface area contributed by atoms with E-state index in [0.717, 1.165) is 0 Å². The Hall–Kier alpha value is -1.65. The van der Waals surface area contributed by atoms with Crippen molar-refractivity contribution in [3.05, 3.63) is 52.4 Å². The van der Waals surface area contributed by atoms with E-state index in [-0.39, 0.29) is 12.5 Å². The number of furan rings is 1. The number of hydrogen-bond donors (Lipinski definition) is 1. The van der Waals surface area contributed by atoms with Crippen LogP contribution in [0.2, 0.25) is 10.0 Å². The van der Waals surface area contributed by atoms with Crippen LogP contribution >= 0.6 is 23.2 Å². The van der Waals surface area contributed by atoms with Crippen LogP contribution < -0.4 is 10.1 Å². The molecule has 100 valence electrons. The van der Waals surface area contributed by atoms with Crippen LogP contribution in [0.15, 0.2) is 41.0 Å². The van der Waals surface area contributed by atoms with Gasteiger partial charge in [-0.05, 0) is 24.3 Å². The highest BCUT2D eigenvalue weighted by atomic mass is 35.5. The molecule has 0 radical (unpaired) electrons. The number of ether oxygens (including phenoxy) is 1. The number of halogens is 2. The number of rotatable bonds is 5. The van der Waals surface area contributed by atoms with Gasteiger partial charge in [0.05, 0.1) is 17.8 Å². The van der Waals surface area contributed by atoms with Gasteiger partial charge in [-0.15, -0.1) is 0 Å². The van der Waals surface area contributed by atoms with Gasteiger partial charge < -0.3 is 14.5 Å². The standard InChI is InChI=1S/C13H11Cl2NO3/c14-10-4-1-5-11(13(10)15)19-8-12(17)16-7-9-3-2-6-18-9/h1-6H,7-8H2,(H,16,17). The lowest BCUT2D eigenvalue weighted by Gasteiger charge is -2.08. The van der Waals surface area contributed by atoms with Crippen LogP contribution in [0.1, 0.15) is 5.76 Å². The maximum absolute atomic E-state index is 11.6. The first-order chi connectivity index (χ1) is 9.16. The second-order valence-corrected chi connectivity index (χ2v) is 4.48. The van der Waals surface area contributed by atoms with Gasteiger partial charge in [-0.2, -0.15) is 0 Å². The van der Waals surface area contributed by atoms with Crippen LogP contribution in [0.4, 0.5) is 0 Å². The Morgan fingerprint density at radius 3 is 2.84 bits per heavy atom. The fourth-order valence-electron chi connectivity index (χ4n) is 1.39. The summed E-state index contributed by atoms with van der Waals surface area (Å²) in [5.74, 6) is 0.781. The maximum atomic E-state index is 11.6. The fraction of sp³-hybridized carbons (Fsp3) is 0.154. The second-order valence-electron chi connectivity index (χ2n) is 3.70. The zero-order valence-corrected chi connectivity index (χ0v) is 11.4. The van der Waals surface area contributed by atoms with E-state index in [9.17, 15) is 4.79 Å². The van der Waals surface area contributed by atoms with E-state index in [4.69, 9.17) is 32.4 Å². The molecular formula is C13H11Cl2NO3. The fourth-order valence-corrected chi connectivity index (χ4v) is 1.74. The highest BCUT2D eigenvalue weighted by Gasteiger charge is 2.08. The minimum Gasteiger partial charge on any atom is -0.482 e. The molecule has 0 aliphatic rings. The molecule has 0 unspecified atom stereocenters. The molecule has 4 nitrogen and oxygen atoms in total. The lowest BCUT2D eigenvalue weighted by molar-refractivity contribution is -0.123. The molecular weight excluding hydrogens is 289 g/mol. The van der Waals surface area contributed by atoms with Gasteiger partial charge in [0, 0.05) is 0 Å². The molecule has 0 saturated heterocycles. The molecule has 0 bridgehead atoms. The summed E-state index contributed by atoms with van der Waals surface area (Å²) in [6.45, 7) is 0.180. The lowest BCUT2D eigenvalue weighted by Crippen LogP contribution is -2.28. The lowest BCUT2D eigenvalue weighted by atomic mass is 10.3. The Balaban J connectivity index is 1.81. The Morgan fingerprint density at radius 1 is 1.26 bits per heavy atom. The van der Waals surface area contributed by atoms with E-state index >= 15 is 0 Å². The highest BCUT2D eigenvalue weighted by molar-refractivity contribution is 6.42. The summed E-state index contributed by atoms with van der Waals surface area (Å²) in [7, 11) is 0. The second kappa shape index (κ2) is 6.50. The molecule has 1 amide bonds. The number of carbonyl (C=O) groups is 1. The monoisotopic (exact) mass is 299 g/mol. The summed E-state index contributed by atoms with van der Waals surface area (Å²) in [4.78, 5) is 11.6. The van der Waals surface area contributed by atoms with E-state index in [0.29, 0.717) is 28.1 Å². The third kappa shape index (κ3) is 3.91. The van der Waals surface area contributed by atoms with Crippen LogP contribution in [0.3, 0.4) is 0 Å². The zero-order valence-electron chi connectivity index (χ0n) is 9.86. The Kier molecular flexibility index (Phi) is 4.71. The predicted molar refractivity (Wildman–Crippen MR) is 72.5 cm³/mol. The molecule has 19 heavy (non-hydrogen) atoms. The van der Waals surface area contributed by atoms with Crippen LogP contribution in [-0.2, 0) is 11.3 Å². The molecule has 0 aliphatic heterocycles. The van der Waals surface area contributed by atoms with Crippen molar-refractivity contribution in [1.82, 2.24) is 5.32 Å². The van der Waals surface area contributed by atoms with Gasteiger partial charge >= 0.3 is 0 Å². The number of benzene rings is 1. The van der Waals surface area contributed by atoms with Crippen molar-refractivity contribution >= 4 is 29.1 Å². The molecule has 2 rings (SSSR count). The molecule has 0 saturated carbocycles. The van der Waals surface area contributed by atoms with Crippen molar-refractivity contribution in [2.45, 2.75) is 6.54 Å². The van der Waals surface area contributed by atoms with Crippen LogP contribution in [0.25, 0.3) is 0 Å². The third-order valence-electron chi connectivity index (χ3n) is 2.31. The van der Waals surface area contributed by atoms with Gasteiger partial charge in [-0.25, -0.2) is 0 Å². The summed E-state index contributed by atoms with van der Waals surface area (Å²) in [5, 5.41) is 3.33. The highest BCUT2D eigenvalue weighted by Crippen LogP contribution is 2.31. The Labute approximate surface area is 120 Å². The van der Waals surface area contributed by atoms with E-state index in [1.807, 2.05) is 0 Å². The maximum Gasteiger partial charge on any atom is 0.258 e. The van der Waals surface area contributed by atoms with Crippen LogP contribution in [0, 0.1) is 0 Å². The van der Waals surface area contributed by atoms with E-state index in [1.54, 1.807) is 36.6 Å². The minimum atomic E-state index is -0.271. The molecule has 6 heteroatoms. The SMILES string of the molecule is O=C(COc1cccc(Cl)c1Cl)NCc1ccco1. The van der Waals surface area contributed by atoms with Gasteiger partial charge in [0.25, 0.3) is 5.91 Å². The van der Waals surface area contributed by atoms with Gasteiger partial charge in [0.15, 0.2) is 6.61 Å². The molecule has 0 atom stereocenters. The van der Waals surface area contributed by atoms with Crippen molar-refractivity contribution in [1.29, 1.82) is 0 Å². The molecule has 1 aromatic carbocycles. The van der Waals surface area contributed by atoms with Crippen molar-refractivity contribution in [3.63, 3.8) is 0 Å². The first kappa shape index (κ1) is 13.8. The van der Waals surface area contributed by atoms with Crippen molar-refractivity contribution in [3.8, 4) is 5.75 Å². The summed E-state index contributed by atoms with van der Waals surface area (Å²) >= 11 is 11.8. The summed E-state index contributed by atoms with van der Waals surface area (Å²) in [5.41, 5.74) is 0. The molecule has 1 aromatic heterocycles. The summed E-state index contributed by atoms with van der Waals surface area (Å²) in [6, 6.07) is 8.52. The van der Waals surface area contributed by atoms with E-state index in [1.165, 1.54) is 0 Å². The summed E-state index contributed by atoms with van der Waals surface area (Å²) < 4.78 is 10.4. The molecule has 0 spiro atoms. The molecule has 0 fully saturated rings. The minimum absolute atomic E-state index is 0.138. The first-order valence-electron chi connectivity index (χ1n) is 5.52.